The van der Waals surface area contributed by atoms with Crippen LogP contribution >= 0.6 is 0 Å². The van der Waals surface area contributed by atoms with Crippen LogP contribution in [0.1, 0.15) is 60.6 Å². The number of hydrogen-bond donors (Lipinski definition) is 1. The van der Waals surface area contributed by atoms with Gasteiger partial charge in [-0.3, -0.25) is 0 Å². The molecule has 1 N–H and O–H groups in total. The summed E-state index contributed by atoms with van der Waals surface area (Å²) in [4.78, 5) is 11.5. The molecule has 0 amide bonds. The second-order valence-electron chi connectivity index (χ2n) is 5.97. The van der Waals surface area contributed by atoms with Gasteiger partial charge < -0.3 is 5.11 Å². The molecule has 2 rings (SSSR count). The van der Waals surface area contributed by atoms with Gasteiger partial charge in [0.1, 0.15) is 0 Å². The summed E-state index contributed by atoms with van der Waals surface area (Å²) in [5, 5.41) is 9.48. The SMILES string of the molecule is CCCCCCCc1c(C(=O)O)cc[n+](-c2ccccc2)c1C. The first-order chi connectivity index (χ1) is 11.1. The molecule has 0 radical (unpaired) electrons. The first-order valence-corrected chi connectivity index (χ1v) is 8.48. The number of para-hydroxylation sites is 1. The second-order valence-corrected chi connectivity index (χ2v) is 5.97. The molecule has 2 aromatic rings. The van der Waals surface area contributed by atoms with Crippen LogP contribution in [0, 0.1) is 6.92 Å². The summed E-state index contributed by atoms with van der Waals surface area (Å²) in [6.07, 6.45) is 8.58. The van der Waals surface area contributed by atoms with Crippen molar-refractivity contribution in [2.24, 2.45) is 0 Å². The third kappa shape index (κ3) is 4.41. The number of unbranched alkanes of at least 4 members (excludes halogenated alkanes) is 4. The zero-order valence-electron chi connectivity index (χ0n) is 14.1. The van der Waals surface area contributed by atoms with Gasteiger partial charge in [0.15, 0.2) is 11.9 Å². The van der Waals surface area contributed by atoms with E-state index in [1.54, 1.807) is 6.07 Å². The molecule has 0 saturated carbocycles. The Labute approximate surface area is 138 Å². The van der Waals surface area contributed by atoms with Gasteiger partial charge in [-0.05, 0) is 12.8 Å². The Morgan fingerprint density at radius 2 is 1.74 bits per heavy atom. The van der Waals surface area contributed by atoms with Gasteiger partial charge in [-0.15, -0.1) is 0 Å². The zero-order chi connectivity index (χ0) is 16.7. The molecule has 0 spiro atoms. The molecule has 1 aromatic heterocycles. The highest BCUT2D eigenvalue weighted by atomic mass is 16.4. The number of pyridine rings is 1. The van der Waals surface area contributed by atoms with Crippen LogP contribution < -0.4 is 4.57 Å². The Balaban J connectivity index is 2.27. The Hall–Kier alpha value is -2.16. The van der Waals surface area contributed by atoms with Crippen molar-refractivity contribution >= 4 is 5.97 Å². The highest BCUT2D eigenvalue weighted by molar-refractivity contribution is 5.89. The lowest BCUT2D eigenvalue weighted by molar-refractivity contribution is -0.603. The van der Waals surface area contributed by atoms with Crippen LogP contribution in [0.25, 0.3) is 5.69 Å². The number of rotatable bonds is 8. The molecule has 0 saturated heterocycles. The van der Waals surface area contributed by atoms with Gasteiger partial charge in [0, 0.05) is 30.7 Å². The van der Waals surface area contributed by atoms with Gasteiger partial charge in [0.05, 0.1) is 5.56 Å². The van der Waals surface area contributed by atoms with Gasteiger partial charge in [0.2, 0.25) is 5.69 Å². The number of benzene rings is 1. The highest BCUT2D eigenvalue weighted by Gasteiger charge is 2.21. The van der Waals surface area contributed by atoms with E-state index in [2.05, 4.69) is 11.5 Å². The van der Waals surface area contributed by atoms with Gasteiger partial charge in [0.25, 0.3) is 0 Å². The summed E-state index contributed by atoms with van der Waals surface area (Å²) in [6, 6.07) is 11.8. The topological polar surface area (TPSA) is 41.2 Å². The van der Waals surface area contributed by atoms with Crippen LogP contribution in [0.15, 0.2) is 42.6 Å². The maximum Gasteiger partial charge on any atom is 0.336 e. The molecule has 122 valence electrons. The van der Waals surface area contributed by atoms with E-state index >= 15 is 0 Å². The van der Waals surface area contributed by atoms with Gasteiger partial charge >= 0.3 is 5.97 Å². The average Bonchev–Trinajstić information content (AvgIpc) is 2.56. The number of carboxylic acids is 1. The number of nitrogens with zero attached hydrogens (tertiary/aromatic N) is 1. The average molecular weight is 312 g/mol. The van der Waals surface area contributed by atoms with E-state index in [0.717, 1.165) is 36.2 Å². The molecular formula is C20H26NO2+. The first kappa shape index (κ1) is 17.2. The Kier molecular flexibility index (Phi) is 6.33. The van der Waals surface area contributed by atoms with E-state index in [-0.39, 0.29) is 0 Å². The predicted molar refractivity (Wildman–Crippen MR) is 92.1 cm³/mol. The number of carbonyl (C=O) groups is 1. The van der Waals surface area contributed by atoms with Gasteiger partial charge in [-0.1, -0.05) is 50.8 Å². The van der Waals surface area contributed by atoms with Gasteiger partial charge in [-0.25, -0.2) is 4.79 Å². The summed E-state index contributed by atoms with van der Waals surface area (Å²) >= 11 is 0. The number of aromatic carboxylic acids is 1. The van der Waals surface area contributed by atoms with E-state index in [4.69, 9.17) is 0 Å². The molecular weight excluding hydrogens is 286 g/mol. The summed E-state index contributed by atoms with van der Waals surface area (Å²) in [5.41, 5.74) is 3.48. The van der Waals surface area contributed by atoms with Crippen LogP contribution in [0.5, 0.6) is 0 Å². The van der Waals surface area contributed by atoms with Crippen molar-refractivity contribution in [1.82, 2.24) is 0 Å². The predicted octanol–water partition coefficient (Wildman–Crippen LogP) is 4.48. The maximum absolute atomic E-state index is 11.5. The van der Waals surface area contributed by atoms with Crippen molar-refractivity contribution in [2.45, 2.75) is 52.4 Å². The summed E-state index contributed by atoms with van der Waals surface area (Å²) in [6.45, 7) is 4.22. The fraction of sp³-hybridized carbons (Fsp3) is 0.400. The largest absolute Gasteiger partial charge is 0.478 e. The monoisotopic (exact) mass is 312 g/mol. The molecule has 0 atom stereocenters. The van der Waals surface area contributed by atoms with E-state index in [0.29, 0.717) is 5.56 Å². The molecule has 3 nitrogen and oxygen atoms in total. The highest BCUT2D eigenvalue weighted by Crippen LogP contribution is 2.17. The van der Waals surface area contributed by atoms with Crippen molar-refractivity contribution in [1.29, 1.82) is 0 Å². The number of aromatic nitrogens is 1. The van der Waals surface area contributed by atoms with Crippen LogP contribution in [0.4, 0.5) is 0 Å². The molecule has 1 heterocycles. The Morgan fingerprint density at radius 1 is 1.04 bits per heavy atom. The Morgan fingerprint density at radius 3 is 2.39 bits per heavy atom. The second kappa shape index (κ2) is 8.47. The molecule has 3 heteroatoms. The first-order valence-electron chi connectivity index (χ1n) is 8.48. The van der Waals surface area contributed by atoms with Crippen LogP contribution in [-0.4, -0.2) is 11.1 Å². The normalized spacial score (nSPS) is 10.7. The summed E-state index contributed by atoms with van der Waals surface area (Å²) in [5.74, 6) is -0.836. The minimum absolute atomic E-state index is 0.435. The van der Waals surface area contributed by atoms with E-state index in [1.165, 1.54) is 19.3 Å². The molecule has 0 bridgehead atoms. The van der Waals surface area contributed by atoms with E-state index in [9.17, 15) is 9.90 Å². The molecule has 0 aliphatic heterocycles. The smallest absolute Gasteiger partial charge is 0.336 e. The third-order valence-corrected chi connectivity index (χ3v) is 4.31. The standard InChI is InChI=1S/C20H25NO2/c1-3-4-5-6-10-13-18-16(2)21(15-14-19(18)20(22)23)17-11-8-7-9-12-17/h7-9,11-12,14-15H,3-6,10,13H2,1-2H3/p+1. The number of hydrogen-bond acceptors (Lipinski definition) is 1. The third-order valence-electron chi connectivity index (χ3n) is 4.31. The van der Waals surface area contributed by atoms with E-state index in [1.807, 2.05) is 43.5 Å². The van der Waals surface area contributed by atoms with Crippen molar-refractivity contribution in [3.63, 3.8) is 0 Å². The molecule has 1 aromatic carbocycles. The molecule has 0 aliphatic rings. The lowest BCUT2D eigenvalue weighted by Gasteiger charge is -2.09. The van der Waals surface area contributed by atoms with Crippen LogP contribution in [0.2, 0.25) is 0 Å². The lowest BCUT2D eigenvalue weighted by atomic mass is 9.99. The Bertz CT molecular complexity index is 650. The van der Waals surface area contributed by atoms with Crippen molar-refractivity contribution < 1.29 is 14.5 Å². The van der Waals surface area contributed by atoms with Crippen LogP contribution in [-0.2, 0) is 6.42 Å². The van der Waals surface area contributed by atoms with E-state index < -0.39 is 5.97 Å². The van der Waals surface area contributed by atoms with Crippen molar-refractivity contribution in [3.05, 3.63) is 59.4 Å². The minimum Gasteiger partial charge on any atom is -0.478 e. The molecule has 23 heavy (non-hydrogen) atoms. The zero-order valence-corrected chi connectivity index (χ0v) is 14.1. The summed E-state index contributed by atoms with van der Waals surface area (Å²) in [7, 11) is 0. The molecule has 0 aliphatic carbocycles. The van der Waals surface area contributed by atoms with Crippen LogP contribution in [0.3, 0.4) is 0 Å². The lowest BCUT2D eigenvalue weighted by Crippen LogP contribution is -2.36. The quantitative estimate of drug-likeness (QED) is 0.576. The molecule has 0 fully saturated rings. The van der Waals surface area contributed by atoms with Gasteiger partial charge in [-0.2, -0.15) is 4.57 Å². The molecule has 0 unspecified atom stereocenters. The number of carboxylic acid groups (broad SMARTS) is 1. The fourth-order valence-electron chi connectivity index (χ4n) is 2.99. The maximum atomic E-state index is 11.5. The minimum atomic E-state index is -0.836. The summed E-state index contributed by atoms with van der Waals surface area (Å²) < 4.78 is 2.08. The fourth-order valence-corrected chi connectivity index (χ4v) is 2.99. The van der Waals surface area contributed by atoms with Crippen molar-refractivity contribution in [3.8, 4) is 5.69 Å². The van der Waals surface area contributed by atoms with Crippen molar-refractivity contribution in [2.75, 3.05) is 0 Å².